The van der Waals surface area contributed by atoms with Crippen LogP contribution >= 0.6 is 23.7 Å². The zero-order valence-electron chi connectivity index (χ0n) is 16.2. The molecule has 0 saturated heterocycles. The number of carbonyl (C=O) groups excluding carboxylic acids is 1. The SMILES string of the molecule is Cc1cc(C)c2sc(N(CCCN(C)C)C(=O)c3ccccc3)nc2c1.Cl. The maximum Gasteiger partial charge on any atom is 0.260 e. The number of carbonyl (C=O) groups is 1. The van der Waals surface area contributed by atoms with Crippen molar-refractivity contribution in [1.29, 1.82) is 0 Å². The molecular weight excluding hydrogens is 378 g/mol. The van der Waals surface area contributed by atoms with Crippen LogP contribution in [0.3, 0.4) is 0 Å². The fourth-order valence-electron chi connectivity index (χ4n) is 3.05. The second-order valence-electron chi connectivity index (χ2n) is 6.91. The minimum Gasteiger partial charge on any atom is -0.309 e. The predicted octanol–water partition coefficient (Wildman–Crippen LogP) is 4.93. The maximum absolute atomic E-state index is 13.1. The molecule has 6 heteroatoms. The van der Waals surface area contributed by atoms with Crippen molar-refractivity contribution in [2.24, 2.45) is 0 Å². The molecule has 1 amide bonds. The standard InChI is InChI=1S/C21H25N3OS.ClH/c1-15-13-16(2)19-18(14-15)22-21(26-19)24(12-8-11-23(3)4)20(25)17-9-6-5-7-10-17;/h5-7,9-10,13-14H,8,11-12H2,1-4H3;1H. The molecule has 1 heterocycles. The summed E-state index contributed by atoms with van der Waals surface area (Å²) in [5, 5.41) is 0.779. The second-order valence-corrected chi connectivity index (χ2v) is 7.88. The zero-order chi connectivity index (χ0) is 18.7. The molecule has 0 aliphatic rings. The maximum atomic E-state index is 13.1. The van der Waals surface area contributed by atoms with Gasteiger partial charge in [-0.2, -0.15) is 0 Å². The van der Waals surface area contributed by atoms with Crippen LogP contribution in [0.4, 0.5) is 5.13 Å². The van der Waals surface area contributed by atoms with Gasteiger partial charge in [-0.05, 0) is 70.2 Å². The lowest BCUT2D eigenvalue weighted by Crippen LogP contribution is -2.33. The lowest BCUT2D eigenvalue weighted by Gasteiger charge is -2.21. The molecule has 0 fully saturated rings. The van der Waals surface area contributed by atoms with E-state index in [-0.39, 0.29) is 18.3 Å². The lowest BCUT2D eigenvalue weighted by molar-refractivity contribution is 0.0986. The molecule has 0 aliphatic heterocycles. The average molecular weight is 404 g/mol. The second kappa shape index (κ2) is 9.31. The number of hydrogen-bond acceptors (Lipinski definition) is 4. The molecule has 2 aromatic carbocycles. The van der Waals surface area contributed by atoms with Crippen molar-refractivity contribution in [1.82, 2.24) is 9.88 Å². The lowest BCUT2D eigenvalue weighted by atomic mass is 10.1. The number of thiazole rings is 1. The molecule has 0 bridgehead atoms. The van der Waals surface area contributed by atoms with E-state index >= 15 is 0 Å². The van der Waals surface area contributed by atoms with Crippen LogP contribution in [-0.4, -0.2) is 43.0 Å². The van der Waals surface area contributed by atoms with Crippen molar-refractivity contribution in [3.05, 3.63) is 59.2 Å². The molecule has 0 spiro atoms. The first-order valence-electron chi connectivity index (χ1n) is 8.85. The summed E-state index contributed by atoms with van der Waals surface area (Å²) in [7, 11) is 4.10. The van der Waals surface area contributed by atoms with E-state index in [1.54, 1.807) is 11.3 Å². The molecule has 27 heavy (non-hydrogen) atoms. The van der Waals surface area contributed by atoms with Gasteiger partial charge in [0, 0.05) is 12.1 Å². The number of aryl methyl sites for hydroxylation is 2. The molecule has 0 unspecified atom stereocenters. The summed E-state index contributed by atoms with van der Waals surface area (Å²) in [5.74, 6) is 0.0118. The highest BCUT2D eigenvalue weighted by atomic mass is 35.5. The summed E-state index contributed by atoms with van der Waals surface area (Å²) < 4.78 is 1.16. The van der Waals surface area contributed by atoms with Crippen LogP contribution < -0.4 is 4.90 Å². The Balaban J connectivity index is 0.00000261. The van der Waals surface area contributed by atoms with Gasteiger partial charge in [-0.15, -0.1) is 12.4 Å². The van der Waals surface area contributed by atoms with Crippen LogP contribution in [0.1, 0.15) is 27.9 Å². The monoisotopic (exact) mass is 403 g/mol. The first kappa shape index (κ1) is 21.4. The van der Waals surface area contributed by atoms with Gasteiger partial charge in [0.25, 0.3) is 5.91 Å². The third kappa shape index (κ3) is 5.06. The third-order valence-electron chi connectivity index (χ3n) is 4.29. The molecule has 3 aromatic rings. The highest BCUT2D eigenvalue weighted by Gasteiger charge is 2.21. The summed E-state index contributed by atoms with van der Waals surface area (Å²) in [6.45, 7) is 5.77. The van der Waals surface area contributed by atoms with Gasteiger partial charge in [0.05, 0.1) is 10.2 Å². The van der Waals surface area contributed by atoms with Crippen LogP contribution in [0.15, 0.2) is 42.5 Å². The molecule has 3 rings (SSSR count). The van der Waals surface area contributed by atoms with Crippen molar-refractivity contribution in [3.8, 4) is 0 Å². The topological polar surface area (TPSA) is 36.4 Å². The van der Waals surface area contributed by atoms with E-state index in [9.17, 15) is 4.79 Å². The fraction of sp³-hybridized carbons (Fsp3) is 0.333. The molecule has 0 N–H and O–H groups in total. The normalized spacial score (nSPS) is 10.9. The van der Waals surface area contributed by atoms with Gasteiger partial charge in [-0.3, -0.25) is 9.69 Å². The summed E-state index contributed by atoms with van der Waals surface area (Å²) in [4.78, 5) is 21.9. The van der Waals surface area contributed by atoms with Crippen molar-refractivity contribution in [2.45, 2.75) is 20.3 Å². The molecule has 0 atom stereocenters. The van der Waals surface area contributed by atoms with Gasteiger partial charge in [-0.25, -0.2) is 4.98 Å². The van der Waals surface area contributed by atoms with E-state index in [0.29, 0.717) is 12.1 Å². The minimum atomic E-state index is 0. The van der Waals surface area contributed by atoms with Gasteiger partial charge < -0.3 is 4.90 Å². The average Bonchev–Trinajstić information content (AvgIpc) is 3.02. The van der Waals surface area contributed by atoms with Crippen LogP contribution in [0.2, 0.25) is 0 Å². The van der Waals surface area contributed by atoms with Gasteiger partial charge in [-0.1, -0.05) is 35.6 Å². The van der Waals surface area contributed by atoms with Crippen LogP contribution in [0.25, 0.3) is 10.2 Å². The number of anilines is 1. The number of nitrogens with zero attached hydrogens (tertiary/aromatic N) is 3. The Bertz CT molecular complexity index is 908. The summed E-state index contributed by atoms with van der Waals surface area (Å²) in [6, 6.07) is 13.7. The molecule has 0 aliphatic carbocycles. The van der Waals surface area contributed by atoms with Crippen LogP contribution in [0.5, 0.6) is 0 Å². The van der Waals surface area contributed by atoms with Crippen molar-refractivity contribution in [3.63, 3.8) is 0 Å². The van der Waals surface area contributed by atoms with E-state index in [2.05, 4.69) is 30.9 Å². The number of rotatable bonds is 6. The quantitative estimate of drug-likeness (QED) is 0.585. The summed E-state index contributed by atoms with van der Waals surface area (Å²) >= 11 is 1.60. The van der Waals surface area contributed by atoms with Gasteiger partial charge >= 0.3 is 0 Å². The van der Waals surface area contributed by atoms with Gasteiger partial charge in [0.1, 0.15) is 0 Å². The number of aromatic nitrogens is 1. The smallest absolute Gasteiger partial charge is 0.260 e. The van der Waals surface area contributed by atoms with E-state index in [1.165, 1.54) is 11.1 Å². The summed E-state index contributed by atoms with van der Waals surface area (Å²) in [6.07, 6.45) is 0.902. The molecule has 0 saturated carbocycles. The van der Waals surface area contributed by atoms with Crippen molar-refractivity contribution < 1.29 is 4.79 Å². The number of halogens is 1. The highest BCUT2D eigenvalue weighted by molar-refractivity contribution is 7.22. The Kier molecular flexibility index (Phi) is 7.36. The Hall–Kier alpha value is -1.95. The Labute approximate surface area is 171 Å². The number of hydrogen-bond donors (Lipinski definition) is 0. The fourth-order valence-corrected chi connectivity index (χ4v) is 4.09. The number of fused-ring (bicyclic) bond motifs is 1. The Morgan fingerprint density at radius 2 is 1.78 bits per heavy atom. The molecule has 0 radical (unpaired) electrons. The Morgan fingerprint density at radius 3 is 2.44 bits per heavy atom. The summed E-state index contributed by atoms with van der Waals surface area (Å²) in [5.41, 5.74) is 4.08. The zero-order valence-corrected chi connectivity index (χ0v) is 17.9. The molecule has 144 valence electrons. The molecule has 1 aromatic heterocycles. The van der Waals surface area contributed by atoms with E-state index in [4.69, 9.17) is 4.98 Å². The minimum absolute atomic E-state index is 0. The van der Waals surface area contributed by atoms with Gasteiger partial charge in [0.15, 0.2) is 5.13 Å². The number of amides is 1. The van der Waals surface area contributed by atoms with Crippen LogP contribution in [-0.2, 0) is 0 Å². The molecule has 4 nitrogen and oxygen atoms in total. The molecular formula is C21H26ClN3OS. The van der Waals surface area contributed by atoms with Crippen molar-refractivity contribution >= 4 is 45.0 Å². The van der Waals surface area contributed by atoms with E-state index in [1.807, 2.05) is 49.3 Å². The first-order chi connectivity index (χ1) is 12.5. The van der Waals surface area contributed by atoms with E-state index < -0.39 is 0 Å². The largest absolute Gasteiger partial charge is 0.309 e. The van der Waals surface area contributed by atoms with E-state index in [0.717, 1.165) is 28.3 Å². The predicted molar refractivity (Wildman–Crippen MR) is 118 cm³/mol. The highest BCUT2D eigenvalue weighted by Crippen LogP contribution is 2.32. The Morgan fingerprint density at radius 1 is 1.07 bits per heavy atom. The van der Waals surface area contributed by atoms with Crippen LogP contribution in [0, 0.1) is 13.8 Å². The van der Waals surface area contributed by atoms with Gasteiger partial charge in [0.2, 0.25) is 0 Å². The first-order valence-corrected chi connectivity index (χ1v) is 9.67. The van der Waals surface area contributed by atoms with Crippen molar-refractivity contribution in [2.75, 3.05) is 32.1 Å². The third-order valence-corrected chi connectivity index (χ3v) is 5.52. The number of benzene rings is 2.